The van der Waals surface area contributed by atoms with Crippen LogP contribution in [0.2, 0.25) is 0 Å². The lowest BCUT2D eigenvalue weighted by Gasteiger charge is -2.19. The summed E-state index contributed by atoms with van der Waals surface area (Å²) in [6.45, 7) is 1.43. The van der Waals surface area contributed by atoms with Crippen molar-refractivity contribution in [3.8, 4) is 5.75 Å². The monoisotopic (exact) mass is 220 g/mol. The van der Waals surface area contributed by atoms with Crippen LogP contribution in [0.3, 0.4) is 0 Å². The van der Waals surface area contributed by atoms with Crippen LogP contribution in [0.1, 0.15) is 17.2 Å². The van der Waals surface area contributed by atoms with Crippen molar-refractivity contribution in [3.05, 3.63) is 23.3 Å². The molecular weight excluding hydrogens is 209 g/mol. The number of rotatable bonds is 1. The van der Waals surface area contributed by atoms with E-state index in [0.717, 1.165) is 0 Å². The molecule has 0 amide bonds. The molecule has 3 nitrogen and oxygen atoms in total. The van der Waals surface area contributed by atoms with E-state index in [0.29, 0.717) is 0 Å². The molecule has 0 saturated heterocycles. The van der Waals surface area contributed by atoms with Crippen LogP contribution < -0.4 is 11.5 Å². The zero-order chi connectivity index (χ0) is 11.8. The predicted octanol–water partition coefficient (Wildman–Crippen LogP) is 1.84. The van der Waals surface area contributed by atoms with Crippen molar-refractivity contribution >= 4 is 5.69 Å². The number of aromatic hydroxyl groups is 1. The van der Waals surface area contributed by atoms with E-state index in [1.807, 2.05) is 0 Å². The molecule has 0 aliphatic carbocycles. The molecule has 0 spiro atoms. The van der Waals surface area contributed by atoms with E-state index in [1.165, 1.54) is 19.1 Å². The van der Waals surface area contributed by atoms with Crippen molar-refractivity contribution in [2.24, 2.45) is 5.73 Å². The van der Waals surface area contributed by atoms with Crippen LogP contribution in [0.25, 0.3) is 0 Å². The molecule has 1 aromatic rings. The number of benzene rings is 1. The third-order valence-corrected chi connectivity index (χ3v) is 2.13. The Morgan fingerprint density at radius 3 is 2.33 bits per heavy atom. The van der Waals surface area contributed by atoms with Gasteiger partial charge in [0, 0.05) is 5.56 Å². The average Bonchev–Trinajstić information content (AvgIpc) is 2.10. The standard InChI is InChI=1S/C9H11F3N2O/c1-4-2-3-5(13)7(15)6(4)8(14)9(10,11)12/h2-3,8,15H,13-14H2,1H3/t8-/m1/s1. The summed E-state index contributed by atoms with van der Waals surface area (Å²) in [6.07, 6.45) is -4.60. The smallest absolute Gasteiger partial charge is 0.407 e. The fourth-order valence-corrected chi connectivity index (χ4v) is 1.28. The molecule has 0 bridgehead atoms. The maximum atomic E-state index is 12.3. The van der Waals surface area contributed by atoms with E-state index >= 15 is 0 Å². The predicted molar refractivity (Wildman–Crippen MR) is 50.2 cm³/mol. The summed E-state index contributed by atoms with van der Waals surface area (Å²) in [6, 6.07) is 0.494. The number of alkyl halides is 3. The summed E-state index contributed by atoms with van der Waals surface area (Å²) in [5.74, 6) is -0.597. The van der Waals surface area contributed by atoms with Gasteiger partial charge in [0.05, 0.1) is 5.69 Å². The van der Waals surface area contributed by atoms with Crippen LogP contribution >= 0.6 is 0 Å². The quantitative estimate of drug-likeness (QED) is 0.499. The lowest BCUT2D eigenvalue weighted by Crippen LogP contribution is -2.29. The van der Waals surface area contributed by atoms with Gasteiger partial charge in [0.1, 0.15) is 11.8 Å². The number of nitrogen functional groups attached to an aromatic ring is 1. The van der Waals surface area contributed by atoms with E-state index < -0.39 is 18.0 Å². The van der Waals surface area contributed by atoms with Gasteiger partial charge in [-0.3, -0.25) is 0 Å². The molecule has 0 aliphatic rings. The molecule has 0 fully saturated rings. The van der Waals surface area contributed by atoms with Crippen molar-refractivity contribution in [1.82, 2.24) is 0 Å². The molecule has 0 saturated carbocycles. The number of nitrogens with two attached hydrogens (primary N) is 2. The number of phenols is 1. The first-order valence-electron chi connectivity index (χ1n) is 4.15. The van der Waals surface area contributed by atoms with Crippen molar-refractivity contribution in [1.29, 1.82) is 0 Å². The van der Waals surface area contributed by atoms with Gasteiger partial charge in [0.25, 0.3) is 0 Å². The largest absolute Gasteiger partial charge is 0.505 e. The maximum absolute atomic E-state index is 12.3. The van der Waals surface area contributed by atoms with E-state index in [9.17, 15) is 18.3 Å². The lowest BCUT2D eigenvalue weighted by molar-refractivity contribution is -0.149. The minimum atomic E-state index is -4.60. The van der Waals surface area contributed by atoms with Gasteiger partial charge < -0.3 is 16.6 Å². The Balaban J connectivity index is 3.31. The van der Waals surface area contributed by atoms with Gasteiger partial charge in [-0.2, -0.15) is 13.2 Å². The summed E-state index contributed by atoms with van der Waals surface area (Å²) in [4.78, 5) is 0. The molecule has 0 unspecified atom stereocenters. The van der Waals surface area contributed by atoms with Crippen LogP contribution in [0.15, 0.2) is 12.1 Å². The van der Waals surface area contributed by atoms with Gasteiger partial charge in [-0.15, -0.1) is 0 Å². The molecule has 1 atom stereocenters. The Labute approximate surface area is 84.5 Å². The molecule has 5 N–H and O–H groups in total. The molecular formula is C9H11F3N2O. The van der Waals surface area contributed by atoms with E-state index in [4.69, 9.17) is 11.5 Å². The third kappa shape index (κ3) is 2.15. The van der Waals surface area contributed by atoms with Gasteiger partial charge in [0.15, 0.2) is 0 Å². The fraction of sp³-hybridized carbons (Fsp3) is 0.333. The lowest BCUT2D eigenvalue weighted by atomic mass is 9.99. The second-order valence-corrected chi connectivity index (χ2v) is 3.25. The molecule has 0 aromatic heterocycles. The van der Waals surface area contributed by atoms with E-state index in [1.54, 1.807) is 0 Å². The average molecular weight is 220 g/mol. The number of hydrogen-bond acceptors (Lipinski definition) is 3. The SMILES string of the molecule is Cc1ccc(N)c(O)c1[C@@H](N)C(F)(F)F. The Morgan fingerprint density at radius 2 is 1.87 bits per heavy atom. The molecule has 0 aliphatic heterocycles. The number of halogens is 3. The Kier molecular flexibility index (Phi) is 2.81. The van der Waals surface area contributed by atoms with E-state index in [2.05, 4.69) is 0 Å². The zero-order valence-electron chi connectivity index (χ0n) is 7.97. The first kappa shape index (κ1) is 11.6. The van der Waals surface area contributed by atoms with Crippen molar-refractivity contribution < 1.29 is 18.3 Å². The van der Waals surface area contributed by atoms with Crippen LogP contribution in [0.4, 0.5) is 18.9 Å². The van der Waals surface area contributed by atoms with Crippen LogP contribution in [-0.4, -0.2) is 11.3 Å². The van der Waals surface area contributed by atoms with Gasteiger partial charge in [-0.05, 0) is 18.6 Å². The number of anilines is 1. The zero-order valence-corrected chi connectivity index (χ0v) is 7.97. The Morgan fingerprint density at radius 1 is 1.33 bits per heavy atom. The Hall–Kier alpha value is -1.43. The second-order valence-electron chi connectivity index (χ2n) is 3.25. The summed E-state index contributed by atoms with van der Waals surface area (Å²) in [7, 11) is 0. The first-order valence-corrected chi connectivity index (χ1v) is 4.15. The maximum Gasteiger partial charge on any atom is 0.407 e. The second kappa shape index (κ2) is 3.62. The summed E-state index contributed by atoms with van der Waals surface area (Å²) >= 11 is 0. The van der Waals surface area contributed by atoms with Gasteiger partial charge in [-0.1, -0.05) is 6.07 Å². The molecule has 1 aromatic carbocycles. The molecule has 6 heteroatoms. The minimum absolute atomic E-state index is 0.115. The molecule has 0 radical (unpaired) electrons. The highest BCUT2D eigenvalue weighted by Crippen LogP contribution is 2.39. The Bertz CT molecular complexity index is 376. The van der Waals surface area contributed by atoms with Crippen molar-refractivity contribution in [2.75, 3.05) is 5.73 Å². The highest BCUT2D eigenvalue weighted by atomic mass is 19.4. The molecule has 84 valence electrons. The van der Waals surface area contributed by atoms with E-state index in [-0.39, 0.29) is 16.8 Å². The van der Waals surface area contributed by atoms with Gasteiger partial charge >= 0.3 is 6.18 Å². The molecule has 1 rings (SSSR count). The third-order valence-electron chi connectivity index (χ3n) is 2.13. The summed E-state index contributed by atoms with van der Waals surface area (Å²) in [5.41, 5.74) is 10.1. The molecule has 15 heavy (non-hydrogen) atoms. The van der Waals surface area contributed by atoms with Crippen molar-refractivity contribution in [2.45, 2.75) is 19.1 Å². The van der Waals surface area contributed by atoms with Crippen LogP contribution in [0.5, 0.6) is 5.75 Å². The fourth-order valence-electron chi connectivity index (χ4n) is 1.28. The number of hydrogen-bond donors (Lipinski definition) is 3. The minimum Gasteiger partial charge on any atom is -0.505 e. The first-order chi connectivity index (χ1) is 6.75. The topological polar surface area (TPSA) is 72.3 Å². The molecule has 0 heterocycles. The van der Waals surface area contributed by atoms with Gasteiger partial charge in [0.2, 0.25) is 0 Å². The normalized spacial score (nSPS) is 13.9. The summed E-state index contributed by atoms with van der Waals surface area (Å²) in [5, 5.41) is 9.41. The van der Waals surface area contributed by atoms with Crippen molar-refractivity contribution in [3.63, 3.8) is 0 Å². The highest BCUT2D eigenvalue weighted by Gasteiger charge is 2.40. The highest BCUT2D eigenvalue weighted by molar-refractivity contribution is 5.59. The summed E-state index contributed by atoms with van der Waals surface area (Å²) < 4.78 is 37.0. The van der Waals surface area contributed by atoms with Gasteiger partial charge in [-0.25, -0.2) is 0 Å². The van der Waals surface area contributed by atoms with Crippen LogP contribution in [-0.2, 0) is 0 Å². The number of phenolic OH excluding ortho intramolecular Hbond substituents is 1. The van der Waals surface area contributed by atoms with Crippen LogP contribution in [0, 0.1) is 6.92 Å². The number of aryl methyl sites for hydroxylation is 1.